The molecule has 0 aliphatic carbocycles. The lowest BCUT2D eigenvalue weighted by molar-refractivity contribution is -0.141. The first-order chi connectivity index (χ1) is 9.56. The van der Waals surface area contributed by atoms with Crippen molar-refractivity contribution < 1.29 is 19.4 Å². The molecule has 1 aromatic rings. The van der Waals surface area contributed by atoms with E-state index in [2.05, 4.69) is 11.9 Å². The van der Waals surface area contributed by atoms with Crippen molar-refractivity contribution in [3.8, 4) is 5.75 Å². The number of halogens is 1. The highest BCUT2D eigenvalue weighted by molar-refractivity contribution is 6.19. The van der Waals surface area contributed by atoms with Crippen molar-refractivity contribution >= 4 is 23.5 Å². The van der Waals surface area contributed by atoms with Gasteiger partial charge in [0.15, 0.2) is 0 Å². The molecule has 0 aromatic heterocycles. The normalized spacial score (nSPS) is 11.4. The van der Waals surface area contributed by atoms with Crippen LogP contribution in [0, 0.1) is 0 Å². The lowest BCUT2D eigenvalue weighted by Gasteiger charge is -2.11. The highest BCUT2D eigenvalue weighted by Gasteiger charge is 2.18. The zero-order chi connectivity index (χ0) is 15.0. The number of aliphatic carboxylic acids is 1. The zero-order valence-corrected chi connectivity index (χ0v) is 11.6. The maximum Gasteiger partial charge on any atom is 0.327 e. The summed E-state index contributed by atoms with van der Waals surface area (Å²) in [7, 11) is 0. The predicted octanol–water partition coefficient (Wildman–Crippen LogP) is 1.60. The van der Waals surface area contributed by atoms with Crippen molar-refractivity contribution in [3.63, 3.8) is 0 Å². The Kier molecular flexibility index (Phi) is 6.59. The number of amides is 1. The molecule has 0 fully saturated rings. The highest BCUT2D eigenvalue weighted by atomic mass is 35.5. The van der Waals surface area contributed by atoms with Gasteiger partial charge in [-0.1, -0.05) is 24.8 Å². The summed E-state index contributed by atoms with van der Waals surface area (Å²) in [6.45, 7) is 3.96. The van der Waals surface area contributed by atoms with Gasteiger partial charge in [-0.15, -0.1) is 11.6 Å². The van der Waals surface area contributed by atoms with E-state index in [1.165, 1.54) is 0 Å². The van der Waals surface area contributed by atoms with E-state index in [4.69, 9.17) is 21.4 Å². The first-order valence-corrected chi connectivity index (χ1v) is 6.51. The Morgan fingerprint density at radius 2 is 2.05 bits per heavy atom. The molecule has 0 heterocycles. The van der Waals surface area contributed by atoms with Crippen LogP contribution >= 0.6 is 11.6 Å². The second-order valence-corrected chi connectivity index (χ2v) is 4.34. The average Bonchev–Trinajstić information content (AvgIpc) is 2.43. The molecule has 1 atom stereocenters. The first-order valence-electron chi connectivity index (χ1n) is 5.97. The van der Waals surface area contributed by atoms with Crippen LogP contribution in [0.4, 0.5) is 0 Å². The van der Waals surface area contributed by atoms with E-state index < -0.39 is 17.9 Å². The van der Waals surface area contributed by atoms with Crippen molar-refractivity contribution in [2.24, 2.45) is 0 Å². The van der Waals surface area contributed by atoms with Crippen LogP contribution in [0.2, 0.25) is 0 Å². The Balaban J connectivity index is 2.53. The number of ether oxygens (including phenoxy) is 1. The van der Waals surface area contributed by atoms with E-state index in [9.17, 15) is 9.59 Å². The molecule has 0 radical (unpaired) electrons. The van der Waals surface area contributed by atoms with Crippen LogP contribution in [0.15, 0.2) is 36.9 Å². The second kappa shape index (κ2) is 8.22. The molecule has 1 rings (SSSR count). The lowest BCUT2D eigenvalue weighted by atomic mass is 10.1. The van der Waals surface area contributed by atoms with E-state index in [0.29, 0.717) is 12.4 Å². The number of carboxylic acids is 1. The molecule has 6 heteroatoms. The number of carboxylic acid groups (broad SMARTS) is 1. The van der Waals surface area contributed by atoms with Gasteiger partial charge >= 0.3 is 5.97 Å². The molecule has 1 aromatic carbocycles. The van der Waals surface area contributed by atoms with Crippen molar-refractivity contribution in [2.45, 2.75) is 12.5 Å². The van der Waals surface area contributed by atoms with Crippen LogP contribution in [0.1, 0.15) is 5.56 Å². The van der Waals surface area contributed by atoms with Gasteiger partial charge in [-0.25, -0.2) is 4.79 Å². The molecule has 0 aliphatic rings. The summed E-state index contributed by atoms with van der Waals surface area (Å²) >= 11 is 5.46. The Hall–Kier alpha value is -2.01. The van der Waals surface area contributed by atoms with Gasteiger partial charge in [0, 0.05) is 0 Å². The Morgan fingerprint density at radius 3 is 2.55 bits per heavy atom. The number of alkyl halides is 1. The summed E-state index contributed by atoms with van der Waals surface area (Å²) in [6.07, 6.45) is 1.72. The second-order valence-electron chi connectivity index (χ2n) is 4.03. The molecule has 0 saturated heterocycles. The zero-order valence-electron chi connectivity index (χ0n) is 10.8. The summed E-state index contributed by atoms with van der Waals surface area (Å²) < 4.78 is 5.31. The van der Waals surface area contributed by atoms with Gasteiger partial charge in [0.05, 0.1) is 12.3 Å². The number of carbonyl (C=O) groups is 2. The highest BCUT2D eigenvalue weighted by Crippen LogP contribution is 2.12. The minimum Gasteiger partial charge on any atom is -0.490 e. The van der Waals surface area contributed by atoms with Crippen LogP contribution in [-0.2, 0) is 16.0 Å². The van der Waals surface area contributed by atoms with Gasteiger partial charge in [0.25, 0.3) is 0 Å². The van der Waals surface area contributed by atoms with Crippen molar-refractivity contribution in [3.05, 3.63) is 42.5 Å². The smallest absolute Gasteiger partial charge is 0.327 e. The molecular formula is C14H16ClNO4. The topological polar surface area (TPSA) is 75.6 Å². The molecular weight excluding hydrogens is 282 g/mol. The minimum absolute atomic E-state index is 0.0857. The number of rotatable bonds is 8. The van der Waals surface area contributed by atoms with Crippen molar-refractivity contribution in [2.75, 3.05) is 12.5 Å². The third-order valence-corrected chi connectivity index (χ3v) is 2.75. The van der Waals surface area contributed by atoms with Crippen LogP contribution in [-0.4, -0.2) is 35.5 Å². The number of carbonyl (C=O) groups excluding carboxylic acids is 1. The molecule has 0 spiro atoms. The predicted molar refractivity (Wildman–Crippen MR) is 76.1 cm³/mol. The Morgan fingerprint density at radius 1 is 1.40 bits per heavy atom. The maximum absolute atomic E-state index is 11.7. The molecule has 1 amide bonds. The molecule has 0 bridgehead atoms. The number of benzene rings is 1. The molecule has 0 aliphatic heterocycles. The van der Waals surface area contributed by atoms with Gasteiger partial charge in [-0.05, 0) is 17.7 Å². The van der Waals surface area contributed by atoms with E-state index in [-0.39, 0.29) is 12.3 Å². The lowest BCUT2D eigenvalue weighted by Crippen LogP contribution is -2.42. The van der Waals surface area contributed by atoms with Crippen LogP contribution in [0.3, 0.4) is 0 Å². The third kappa shape index (κ3) is 5.32. The van der Waals surface area contributed by atoms with E-state index in [1.807, 2.05) is 0 Å². The van der Waals surface area contributed by atoms with Gasteiger partial charge in [0.1, 0.15) is 18.4 Å². The van der Waals surface area contributed by atoms with Crippen molar-refractivity contribution in [1.82, 2.24) is 5.32 Å². The summed E-state index contributed by atoms with van der Waals surface area (Å²) in [4.78, 5) is 22.4. The monoisotopic (exact) mass is 297 g/mol. The van der Waals surface area contributed by atoms with Gasteiger partial charge in [-0.2, -0.15) is 0 Å². The standard InChI is InChI=1S/C14H16ClNO4/c1-2-7-20-11-5-3-10(4-6-11)8-13(17)16-12(9-15)14(18)19/h2-6,12H,1,7-9H2,(H,16,17)(H,18,19). The summed E-state index contributed by atoms with van der Waals surface area (Å²) in [6, 6.07) is 5.90. The van der Waals surface area contributed by atoms with Gasteiger partial charge in [-0.3, -0.25) is 4.79 Å². The minimum atomic E-state index is -1.15. The molecule has 108 valence electrons. The van der Waals surface area contributed by atoms with Crippen LogP contribution in [0.5, 0.6) is 5.75 Å². The summed E-state index contributed by atoms with van der Waals surface area (Å²) in [5.74, 6) is -1.03. The molecule has 0 saturated carbocycles. The fraction of sp³-hybridized carbons (Fsp3) is 0.286. The number of hydrogen-bond donors (Lipinski definition) is 2. The van der Waals surface area contributed by atoms with E-state index >= 15 is 0 Å². The largest absolute Gasteiger partial charge is 0.490 e. The first kappa shape index (κ1) is 16.0. The fourth-order valence-electron chi connectivity index (χ4n) is 1.46. The fourth-order valence-corrected chi connectivity index (χ4v) is 1.66. The Bertz CT molecular complexity index is 473. The third-order valence-electron chi connectivity index (χ3n) is 2.44. The number of hydrogen-bond acceptors (Lipinski definition) is 3. The van der Waals surface area contributed by atoms with Crippen molar-refractivity contribution in [1.29, 1.82) is 0 Å². The SMILES string of the molecule is C=CCOc1ccc(CC(=O)NC(CCl)C(=O)O)cc1. The van der Waals surface area contributed by atoms with E-state index in [0.717, 1.165) is 5.56 Å². The van der Waals surface area contributed by atoms with Gasteiger partial charge < -0.3 is 15.2 Å². The quantitative estimate of drug-likeness (QED) is 0.564. The van der Waals surface area contributed by atoms with Crippen LogP contribution in [0.25, 0.3) is 0 Å². The van der Waals surface area contributed by atoms with E-state index in [1.54, 1.807) is 30.3 Å². The summed E-state index contributed by atoms with van der Waals surface area (Å²) in [5.41, 5.74) is 0.757. The summed E-state index contributed by atoms with van der Waals surface area (Å²) in [5, 5.41) is 11.1. The molecule has 5 nitrogen and oxygen atoms in total. The average molecular weight is 298 g/mol. The maximum atomic E-state index is 11.7. The molecule has 20 heavy (non-hydrogen) atoms. The Labute approximate surface area is 122 Å². The number of nitrogens with one attached hydrogen (secondary N) is 1. The van der Waals surface area contributed by atoms with Crippen LogP contribution < -0.4 is 10.1 Å². The molecule has 2 N–H and O–H groups in total. The molecule has 1 unspecified atom stereocenters. The van der Waals surface area contributed by atoms with Gasteiger partial charge in [0.2, 0.25) is 5.91 Å².